The molecule has 16 rings (SSSR count). The van der Waals surface area contributed by atoms with Crippen LogP contribution in [0.4, 0.5) is 13.2 Å². The molecule has 0 spiro atoms. The molecule has 4 saturated carbocycles. The number of benzene rings is 7. The first kappa shape index (κ1) is 88.2. The molecule has 7 fully saturated rings. The van der Waals surface area contributed by atoms with Crippen molar-refractivity contribution in [2.75, 3.05) is 5.75 Å². The number of ketones is 2. The summed E-state index contributed by atoms with van der Waals surface area (Å²) in [5.74, 6) is -2.75. The van der Waals surface area contributed by atoms with Gasteiger partial charge in [0.15, 0.2) is 38.1 Å². The number of ether oxygens (including phenoxy) is 6. The maximum absolute atomic E-state index is 13.2. The van der Waals surface area contributed by atoms with Gasteiger partial charge in [0.05, 0.1) is 50.7 Å². The number of phenolic OH excluding ortho intramolecular Hbond substituents is 1. The summed E-state index contributed by atoms with van der Waals surface area (Å²) in [6.07, 6.45) is -1.41. The van der Waals surface area contributed by atoms with Crippen LogP contribution in [-0.4, -0.2) is 113 Å². The van der Waals surface area contributed by atoms with Crippen molar-refractivity contribution in [1.82, 2.24) is 0 Å². The highest BCUT2D eigenvalue weighted by Crippen LogP contribution is 2.64. The minimum Gasteiger partial charge on any atom is -0.748 e. The Hall–Kier alpha value is -9.13. The lowest BCUT2D eigenvalue weighted by atomic mass is 9.48. The van der Waals surface area contributed by atoms with E-state index in [4.69, 9.17) is 28.8 Å². The molecule has 0 radical (unpaired) electrons. The number of alkyl halides is 3. The van der Waals surface area contributed by atoms with Gasteiger partial charge in [0, 0.05) is 56.3 Å². The average Bonchev–Trinajstić information content (AvgIpc) is 1.55. The van der Waals surface area contributed by atoms with Crippen molar-refractivity contribution in [2.24, 2.45) is 40.9 Å². The molecule has 13 atom stereocenters. The largest absolute Gasteiger partial charge is 0.748 e. The van der Waals surface area contributed by atoms with Gasteiger partial charge < -0.3 is 43.2 Å². The standard InChI is InChI=1S/C20H29F3O7S.C18H16O2.C18H13S.C13H20O.C12H16O5.C11H14O3/c1-3-12(2)4-16(24)30-19-8-13-5-14(9-19)7-18(6-13,11-19)17(25)29-15(20(21,22)23)10-31(26,27)28;1-3-11(2)12-8-9-15-16(10-12)18(20)14-7-5-4-6-13(14)17(15)19;1-2-8-14(9-3-1)19-17-12-6-4-10-15(17)16-11-5-7-13-18(16)19;1-5-10(2)11-6-8-12(9-7-11)13(3,4)14;1-3-5(2)11(13)16-9-7-4-6-8(15-7)10(9)17-12(6)14;1-3-8(2)11(13)14-10-6-4-9(12)5-7-10/h12-15H,3-11H2,1-2H3,(H,26,27,28);4-11H,3H2,1-2H3;1-13H;6-10,14H,5H2,1-4H3;5-10H,3-4H2,1-2H3;4-8,12H,3H2,1-2H3/q;;+1;;;/p-1. The zero-order valence-corrected chi connectivity index (χ0v) is 69.1. The number of aliphatic hydroxyl groups is 1. The van der Waals surface area contributed by atoms with Gasteiger partial charge in [-0.05, 0) is 191 Å². The van der Waals surface area contributed by atoms with Crippen LogP contribution in [0.15, 0.2) is 170 Å². The van der Waals surface area contributed by atoms with Crippen molar-refractivity contribution in [3.05, 3.63) is 209 Å². The molecule has 2 N–H and O–H groups in total. The third-order valence-electron chi connectivity index (χ3n) is 23.5. The van der Waals surface area contributed by atoms with E-state index in [-0.39, 0.29) is 118 Å². The first-order valence-corrected chi connectivity index (χ1v) is 42.9. The minimum absolute atomic E-state index is 0.0118. The average molecular weight is 1620 g/mol. The SMILES string of the molecule is CCC(C)C(=O)OC1C2CC3C(=O)OC1C3O2.CCC(C)C(=O)Oc1ccc(O)cc1.CCC(C)CC(=O)OC12CC3CC(C1)CC(C(=O)OC(CS(=O)(=O)[O-])C(F)(F)F)(C3)C2.CCC(C)c1ccc(C(C)(C)O)cc1.CCC(C)c1ccc2c(c1)C(=O)c1ccccc1C2=O.c1ccc(-[s+]2c3ccccc3c3ccccc32)cc1. The number of fused-ring (bicyclic) bond motifs is 6. The van der Waals surface area contributed by atoms with Gasteiger partial charge in [-0.25, -0.2) is 8.42 Å². The van der Waals surface area contributed by atoms with Crippen LogP contribution in [0.3, 0.4) is 0 Å². The van der Waals surface area contributed by atoms with Crippen LogP contribution in [0.2, 0.25) is 0 Å². The van der Waals surface area contributed by atoms with E-state index in [1.54, 1.807) is 42.5 Å². The van der Waals surface area contributed by atoms with Gasteiger partial charge in [0.2, 0.25) is 6.10 Å². The van der Waals surface area contributed by atoms with Gasteiger partial charge in [0.25, 0.3) is 0 Å². The summed E-state index contributed by atoms with van der Waals surface area (Å²) in [6.45, 7) is 23.7. The van der Waals surface area contributed by atoms with Crippen LogP contribution in [0, 0.1) is 40.9 Å². The Labute approximate surface area is 674 Å². The molecule has 5 aliphatic carbocycles. The lowest BCUT2D eigenvalue weighted by Gasteiger charge is -2.59. The van der Waals surface area contributed by atoms with Crippen LogP contribution in [0.25, 0.3) is 25.1 Å². The van der Waals surface area contributed by atoms with Crippen molar-refractivity contribution >= 4 is 82.2 Å². The number of hydrogen-bond donors (Lipinski definition) is 2. The van der Waals surface area contributed by atoms with E-state index in [0.717, 1.165) is 49.7 Å². The summed E-state index contributed by atoms with van der Waals surface area (Å²) < 4.78 is 107. The zero-order chi connectivity index (χ0) is 83.6. The van der Waals surface area contributed by atoms with E-state index >= 15 is 0 Å². The van der Waals surface area contributed by atoms with Crippen LogP contribution in [-0.2, 0) is 63.4 Å². The smallest absolute Gasteiger partial charge is 0.426 e. The Balaban J connectivity index is 0.000000149. The van der Waals surface area contributed by atoms with Crippen LogP contribution in [0.5, 0.6) is 11.5 Å². The van der Waals surface area contributed by atoms with Crippen molar-refractivity contribution in [3.63, 3.8) is 0 Å². The van der Waals surface area contributed by atoms with Gasteiger partial charge in [-0.3, -0.25) is 33.6 Å². The molecule has 8 aromatic rings. The number of rotatable bonds is 20. The number of thiophene rings is 1. The fourth-order valence-corrected chi connectivity index (χ4v) is 19.4. The zero-order valence-electron chi connectivity index (χ0n) is 67.4. The van der Waals surface area contributed by atoms with E-state index in [1.165, 1.54) is 42.8 Å². The lowest BCUT2D eigenvalue weighted by molar-refractivity contribution is -0.237. The Bertz CT molecular complexity index is 4810. The maximum atomic E-state index is 13.2. The minimum atomic E-state index is -5.27. The molecule has 3 saturated heterocycles. The van der Waals surface area contributed by atoms with E-state index in [2.05, 4.69) is 123 Å². The molecule has 0 amide bonds. The fourth-order valence-electron chi connectivity index (χ4n) is 16.4. The molecule has 23 heteroatoms. The van der Waals surface area contributed by atoms with Crippen molar-refractivity contribution < 1.29 is 98.3 Å². The second-order valence-electron chi connectivity index (χ2n) is 32.5. The van der Waals surface area contributed by atoms with Gasteiger partial charge in [-0.1, -0.05) is 179 Å². The third kappa shape index (κ3) is 21.2. The molecule has 115 heavy (non-hydrogen) atoms. The van der Waals surface area contributed by atoms with Crippen molar-refractivity contribution in [3.8, 4) is 16.4 Å². The Morgan fingerprint density at radius 3 is 1.68 bits per heavy atom. The van der Waals surface area contributed by atoms with Gasteiger partial charge in [-0.15, -0.1) is 0 Å². The van der Waals surface area contributed by atoms with Gasteiger partial charge in [0.1, 0.15) is 23.2 Å². The molecular formula is C92H107F3O18S2. The molecule has 3 aliphatic heterocycles. The third-order valence-corrected chi connectivity index (χ3v) is 26.5. The van der Waals surface area contributed by atoms with Crippen molar-refractivity contribution in [2.45, 2.75) is 226 Å². The monoisotopic (exact) mass is 1620 g/mol. The summed E-state index contributed by atoms with van der Waals surface area (Å²) in [5, 5.41) is 21.6. The number of esters is 5. The number of hydrogen-bond acceptors (Lipinski definition) is 18. The van der Waals surface area contributed by atoms with E-state index < -0.39 is 56.8 Å². The maximum Gasteiger partial charge on any atom is 0.426 e. The highest BCUT2D eigenvalue weighted by Gasteiger charge is 2.66. The van der Waals surface area contributed by atoms with Crippen LogP contribution in [0.1, 0.15) is 227 Å². The highest BCUT2D eigenvalue weighted by molar-refractivity contribution is 7.85. The first-order chi connectivity index (χ1) is 54.4. The summed E-state index contributed by atoms with van der Waals surface area (Å²) in [6, 6.07) is 55.5. The normalized spacial score (nSPS) is 23.3. The lowest BCUT2D eigenvalue weighted by Crippen LogP contribution is -2.60. The van der Waals surface area contributed by atoms with Crippen LogP contribution >= 0.6 is 10.5 Å². The number of halogens is 3. The fraction of sp³-hybridized carbons (Fsp3) is 0.467. The van der Waals surface area contributed by atoms with Crippen molar-refractivity contribution in [1.29, 1.82) is 0 Å². The highest BCUT2D eigenvalue weighted by atomic mass is 32.2. The van der Waals surface area contributed by atoms with E-state index in [0.29, 0.717) is 71.9 Å². The predicted octanol–water partition coefficient (Wildman–Crippen LogP) is 19.5. The molecule has 616 valence electrons. The number of aromatic hydroxyl groups is 1. The molecule has 13 unspecified atom stereocenters. The topological polar surface area (TPSA) is 273 Å². The Kier molecular flexibility index (Phi) is 28.7. The summed E-state index contributed by atoms with van der Waals surface area (Å²) in [5.41, 5.74) is 2.65. The first-order valence-electron chi connectivity index (χ1n) is 40.1. The molecule has 4 heterocycles. The van der Waals surface area contributed by atoms with E-state index in [9.17, 15) is 64.8 Å². The molecule has 8 aliphatic rings. The number of carbonyl (C=O) groups excluding carboxylic acids is 7. The second kappa shape index (κ2) is 37.4. The summed E-state index contributed by atoms with van der Waals surface area (Å²) >= 11 is 0. The molecule has 1 aromatic heterocycles. The molecule has 7 aromatic carbocycles. The number of phenols is 1. The number of carbonyl (C=O) groups is 7. The Morgan fingerprint density at radius 1 is 0.617 bits per heavy atom. The second-order valence-corrected chi connectivity index (χ2v) is 35.9. The Morgan fingerprint density at radius 2 is 1.14 bits per heavy atom. The summed E-state index contributed by atoms with van der Waals surface area (Å²) in [7, 11) is -5.21. The van der Waals surface area contributed by atoms with Gasteiger partial charge in [-0.2, -0.15) is 13.2 Å². The molecular weight excluding hydrogens is 1510 g/mol. The quantitative estimate of drug-likeness (QED) is 0.0236. The van der Waals surface area contributed by atoms with E-state index in [1.807, 2.05) is 79.7 Å². The van der Waals surface area contributed by atoms with Gasteiger partial charge >= 0.3 is 36.0 Å². The molecule has 6 bridgehead atoms. The summed E-state index contributed by atoms with van der Waals surface area (Å²) in [4.78, 5) is 86.4. The molecule has 18 nitrogen and oxygen atoms in total. The predicted molar refractivity (Wildman–Crippen MR) is 434 cm³/mol. The van der Waals surface area contributed by atoms with Crippen LogP contribution < -0.4 is 4.74 Å².